The predicted molar refractivity (Wildman–Crippen MR) is 65.1 cm³/mol. The van der Waals surface area contributed by atoms with Gasteiger partial charge in [-0.2, -0.15) is 0 Å². The van der Waals surface area contributed by atoms with E-state index in [2.05, 4.69) is 0 Å². The molecule has 1 rings (SSSR count). The second-order valence-electron chi connectivity index (χ2n) is 4.25. The summed E-state index contributed by atoms with van der Waals surface area (Å²) in [5.41, 5.74) is 2.66. The molecule has 0 radical (unpaired) electrons. The van der Waals surface area contributed by atoms with Crippen molar-refractivity contribution in [1.82, 2.24) is 4.90 Å². The van der Waals surface area contributed by atoms with E-state index < -0.39 is 5.97 Å². The van der Waals surface area contributed by atoms with Crippen LogP contribution in [0.3, 0.4) is 0 Å². The molecule has 0 atom stereocenters. The first-order valence-electron chi connectivity index (χ1n) is 5.45. The van der Waals surface area contributed by atoms with Gasteiger partial charge in [0.15, 0.2) is 0 Å². The topological polar surface area (TPSA) is 57.6 Å². The molecule has 0 aromatic heterocycles. The summed E-state index contributed by atoms with van der Waals surface area (Å²) in [4.78, 5) is 23.9. The molecule has 0 aliphatic carbocycles. The third kappa shape index (κ3) is 3.90. The Kier molecular flexibility index (Phi) is 4.26. The van der Waals surface area contributed by atoms with Crippen molar-refractivity contribution in [2.75, 3.05) is 13.6 Å². The van der Waals surface area contributed by atoms with Gasteiger partial charge < -0.3 is 10.0 Å². The van der Waals surface area contributed by atoms with Gasteiger partial charge >= 0.3 is 5.97 Å². The van der Waals surface area contributed by atoms with E-state index in [1.807, 2.05) is 32.0 Å². The van der Waals surface area contributed by atoms with Crippen molar-refractivity contribution in [3.8, 4) is 0 Å². The van der Waals surface area contributed by atoms with Gasteiger partial charge in [-0.05, 0) is 26.0 Å². The van der Waals surface area contributed by atoms with Crippen molar-refractivity contribution in [2.45, 2.75) is 20.3 Å². The zero-order valence-corrected chi connectivity index (χ0v) is 10.4. The fourth-order valence-electron chi connectivity index (χ4n) is 1.68. The van der Waals surface area contributed by atoms with Gasteiger partial charge in [0.05, 0.1) is 6.42 Å². The number of aryl methyl sites for hydroxylation is 2. The summed E-state index contributed by atoms with van der Waals surface area (Å²) in [6.07, 6.45) is -0.0347. The first-order chi connectivity index (χ1) is 7.90. The maximum absolute atomic E-state index is 12.0. The number of carboxylic acid groups (broad SMARTS) is 1. The number of amides is 1. The van der Waals surface area contributed by atoms with Crippen LogP contribution in [0.5, 0.6) is 0 Å². The van der Waals surface area contributed by atoms with Gasteiger partial charge in [-0.25, -0.2) is 0 Å². The summed E-state index contributed by atoms with van der Waals surface area (Å²) in [6, 6.07) is 5.62. The standard InChI is InChI=1S/C13H17NO3/c1-9-6-10(2)8-11(7-9)13(17)14(3)5-4-12(15)16/h6-8H,4-5H2,1-3H3,(H,15,16). The van der Waals surface area contributed by atoms with E-state index in [0.717, 1.165) is 11.1 Å². The van der Waals surface area contributed by atoms with Crippen molar-refractivity contribution in [3.63, 3.8) is 0 Å². The Morgan fingerprint density at radius 3 is 2.18 bits per heavy atom. The molecule has 1 aromatic carbocycles. The molecule has 0 unspecified atom stereocenters. The van der Waals surface area contributed by atoms with Gasteiger partial charge in [0, 0.05) is 19.2 Å². The van der Waals surface area contributed by atoms with E-state index in [4.69, 9.17) is 5.11 Å². The second-order valence-corrected chi connectivity index (χ2v) is 4.25. The van der Waals surface area contributed by atoms with Crippen LogP contribution in [0.2, 0.25) is 0 Å². The third-order valence-electron chi connectivity index (χ3n) is 2.48. The molecule has 0 aliphatic rings. The largest absolute Gasteiger partial charge is 0.481 e. The van der Waals surface area contributed by atoms with Crippen LogP contribution in [-0.4, -0.2) is 35.5 Å². The maximum Gasteiger partial charge on any atom is 0.305 e. The molecule has 0 saturated carbocycles. The lowest BCUT2D eigenvalue weighted by atomic mass is 10.1. The zero-order valence-electron chi connectivity index (χ0n) is 10.4. The highest BCUT2D eigenvalue weighted by Crippen LogP contribution is 2.11. The Bertz CT molecular complexity index is 420. The lowest BCUT2D eigenvalue weighted by Crippen LogP contribution is -2.29. The molecule has 0 bridgehead atoms. The van der Waals surface area contributed by atoms with Crippen LogP contribution >= 0.6 is 0 Å². The van der Waals surface area contributed by atoms with Crippen LogP contribution in [0.4, 0.5) is 0 Å². The smallest absolute Gasteiger partial charge is 0.305 e. The lowest BCUT2D eigenvalue weighted by Gasteiger charge is -2.16. The molecule has 0 fully saturated rings. The zero-order chi connectivity index (χ0) is 13.0. The monoisotopic (exact) mass is 235 g/mol. The number of carbonyl (C=O) groups is 2. The molecule has 0 spiro atoms. The van der Waals surface area contributed by atoms with Crippen LogP contribution in [0, 0.1) is 13.8 Å². The van der Waals surface area contributed by atoms with Gasteiger partial charge in [-0.3, -0.25) is 9.59 Å². The Morgan fingerprint density at radius 1 is 1.18 bits per heavy atom. The molecule has 0 aliphatic heterocycles. The van der Waals surface area contributed by atoms with Crippen molar-refractivity contribution in [3.05, 3.63) is 34.9 Å². The molecule has 0 heterocycles. The molecular formula is C13H17NO3. The van der Waals surface area contributed by atoms with E-state index in [0.29, 0.717) is 5.56 Å². The highest BCUT2D eigenvalue weighted by Gasteiger charge is 2.13. The minimum absolute atomic E-state index is 0.0347. The number of benzene rings is 1. The number of aliphatic carboxylic acids is 1. The van der Waals surface area contributed by atoms with Crippen molar-refractivity contribution >= 4 is 11.9 Å². The summed E-state index contributed by atoms with van der Waals surface area (Å²) in [7, 11) is 1.61. The molecule has 4 nitrogen and oxygen atoms in total. The third-order valence-corrected chi connectivity index (χ3v) is 2.48. The molecule has 1 N–H and O–H groups in total. The SMILES string of the molecule is Cc1cc(C)cc(C(=O)N(C)CCC(=O)O)c1. The normalized spacial score (nSPS) is 10.1. The highest BCUT2D eigenvalue weighted by atomic mass is 16.4. The summed E-state index contributed by atoms with van der Waals surface area (Å²) in [5.74, 6) is -1.04. The van der Waals surface area contributed by atoms with Gasteiger partial charge in [0.25, 0.3) is 5.91 Å². The maximum atomic E-state index is 12.0. The van der Waals surface area contributed by atoms with Crippen LogP contribution in [0.1, 0.15) is 27.9 Å². The van der Waals surface area contributed by atoms with Crippen LogP contribution in [0.15, 0.2) is 18.2 Å². The Hall–Kier alpha value is -1.84. The quantitative estimate of drug-likeness (QED) is 0.866. The fourth-order valence-corrected chi connectivity index (χ4v) is 1.68. The summed E-state index contributed by atoms with van der Waals surface area (Å²) in [5, 5.41) is 8.56. The number of hydrogen-bond donors (Lipinski definition) is 1. The van der Waals surface area contributed by atoms with E-state index in [-0.39, 0.29) is 18.9 Å². The second kappa shape index (κ2) is 5.48. The summed E-state index contributed by atoms with van der Waals surface area (Å²) >= 11 is 0. The van der Waals surface area contributed by atoms with Crippen molar-refractivity contribution in [1.29, 1.82) is 0 Å². The molecule has 0 saturated heterocycles. The number of carboxylic acids is 1. The highest BCUT2D eigenvalue weighted by molar-refractivity contribution is 5.94. The average Bonchev–Trinajstić information content (AvgIpc) is 2.23. The first-order valence-corrected chi connectivity index (χ1v) is 5.45. The first kappa shape index (κ1) is 13.2. The van der Waals surface area contributed by atoms with Gasteiger partial charge in [-0.1, -0.05) is 17.2 Å². The van der Waals surface area contributed by atoms with Gasteiger partial charge in [0.2, 0.25) is 0 Å². The number of nitrogens with zero attached hydrogens (tertiary/aromatic N) is 1. The van der Waals surface area contributed by atoms with Crippen LogP contribution in [0.25, 0.3) is 0 Å². The molecule has 1 aromatic rings. The fraction of sp³-hybridized carbons (Fsp3) is 0.385. The Morgan fingerprint density at radius 2 is 1.71 bits per heavy atom. The van der Waals surface area contributed by atoms with Crippen molar-refractivity contribution < 1.29 is 14.7 Å². The summed E-state index contributed by atoms with van der Waals surface area (Å²) < 4.78 is 0. The van der Waals surface area contributed by atoms with Gasteiger partial charge in [0.1, 0.15) is 0 Å². The van der Waals surface area contributed by atoms with E-state index in [9.17, 15) is 9.59 Å². The number of rotatable bonds is 4. The predicted octanol–water partition coefficient (Wildman–Crippen LogP) is 1.85. The number of hydrogen-bond acceptors (Lipinski definition) is 2. The molecule has 1 amide bonds. The van der Waals surface area contributed by atoms with Crippen LogP contribution in [-0.2, 0) is 4.79 Å². The van der Waals surface area contributed by atoms with E-state index in [1.165, 1.54) is 4.90 Å². The molecular weight excluding hydrogens is 218 g/mol. The summed E-state index contributed by atoms with van der Waals surface area (Å²) in [6.45, 7) is 4.09. The average molecular weight is 235 g/mol. The van der Waals surface area contributed by atoms with Crippen LogP contribution < -0.4 is 0 Å². The molecule has 17 heavy (non-hydrogen) atoms. The Balaban J connectivity index is 2.77. The van der Waals surface area contributed by atoms with Crippen molar-refractivity contribution in [2.24, 2.45) is 0 Å². The molecule has 92 valence electrons. The number of carbonyl (C=O) groups excluding carboxylic acids is 1. The minimum Gasteiger partial charge on any atom is -0.481 e. The van der Waals surface area contributed by atoms with Gasteiger partial charge in [-0.15, -0.1) is 0 Å². The minimum atomic E-state index is -0.898. The molecule has 4 heteroatoms. The van der Waals surface area contributed by atoms with E-state index in [1.54, 1.807) is 7.05 Å². The lowest BCUT2D eigenvalue weighted by molar-refractivity contribution is -0.137. The van der Waals surface area contributed by atoms with E-state index >= 15 is 0 Å². The Labute approximate surface area is 101 Å².